The van der Waals surface area contributed by atoms with Gasteiger partial charge in [0, 0.05) is 63.4 Å². The molecule has 10 aromatic carbocycles. The molecule has 310 valence electrons. The standard InChI is InChI=1S/C62H40NOPS/c64-65(45-23-9-3-10-24-45,46-25-11-4-12-26-46)47-36-33-41(34-37-47)52-40-53-58(59-51-29-15-18-32-57(51)66-61(52)59)50-28-14-17-31-56(50)63-60(53)42-35-38-49-48-27-13-16-30-54(48)62(55(49)39-42,43-19-5-1-6-20-43)44-21-7-2-8-22-44/h1-40H. The molecule has 0 bridgehead atoms. The van der Waals surface area contributed by atoms with E-state index in [0.29, 0.717) is 0 Å². The van der Waals surface area contributed by atoms with Crippen LogP contribution in [0.2, 0.25) is 0 Å². The van der Waals surface area contributed by atoms with Crippen molar-refractivity contribution >= 4 is 76.2 Å². The first-order chi connectivity index (χ1) is 32.6. The van der Waals surface area contributed by atoms with Gasteiger partial charge in [0.2, 0.25) is 0 Å². The molecule has 4 heteroatoms. The van der Waals surface area contributed by atoms with Crippen LogP contribution in [0.5, 0.6) is 0 Å². The van der Waals surface area contributed by atoms with Gasteiger partial charge < -0.3 is 4.57 Å². The van der Waals surface area contributed by atoms with E-state index in [-0.39, 0.29) is 0 Å². The Labute approximate surface area is 387 Å². The minimum absolute atomic E-state index is 0.542. The van der Waals surface area contributed by atoms with Crippen LogP contribution in [0.4, 0.5) is 0 Å². The molecule has 0 fully saturated rings. The largest absolute Gasteiger partial charge is 0.309 e. The Morgan fingerprint density at radius 2 is 0.924 bits per heavy atom. The number of nitrogens with zero attached hydrogens (tertiary/aromatic N) is 1. The van der Waals surface area contributed by atoms with Crippen molar-refractivity contribution < 1.29 is 4.57 Å². The summed E-state index contributed by atoms with van der Waals surface area (Å²) >= 11 is 1.84. The third kappa shape index (κ3) is 5.67. The third-order valence-corrected chi connectivity index (χ3v) is 18.1. The van der Waals surface area contributed by atoms with Gasteiger partial charge in [-0.2, -0.15) is 0 Å². The normalized spacial score (nSPS) is 13.0. The van der Waals surface area contributed by atoms with E-state index < -0.39 is 12.6 Å². The lowest BCUT2D eigenvalue weighted by atomic mass is 9.67. The van der Waals surface area contributed by atoms with Gasteiger partial charge in [-0.1, -0.05) is 218 Å². The van der Waals surface area contributed by atoms with Crippen LogP contribution in [0.25, 0.3) is 75.4 Å². The molecule has 0 radical (unpaired) electrons. The first-order valence-corrected chi connectivity index (χ1v) is 25.0. The Bertz CT molecular complexity index is 3800. The Balaban J connectivity index is 1.09. The van der Waals surface area contributed by atoms with Gasteiger partial charge in [-0.05, 0) is 63.2 Å². The summed E-state index contributed by atoms with van der Waals surface area (Å²) in [5.41, 5.74) is 12.1. The lowest BCUT2D eigenvalue weighted by molar-refractivity contribution is 0.592. The zero-order valence-electron chi connectivity index (χ0n) is 35.8. The quantitative estimate of drug-likeness (QED) is 0.118. The molecule has 0 amide bonds. The molecule has 1 aliphatic rings. The molecule has 2 aromatic heterocycles. The van der Waals surface area contributed by atoms with Crippen molar-refractivity contribution in [2.45, 2.75) is 5.41 Å². The predicted molar refractivity (Wildman–Crippen MR) is 280 cm³/mol. The molecule has 12 aromatic rings. The zero-order chi connectivity index (χ0) is 43.8. The van der Waals surface area contributed by atoms with Gasteiger partial charge in [0.05, 0.1) is 16.6 Å². The Kier molecular flexibility index (Phi) is 8.93. The van der Waals surface area contributed by atoms with Crippen molar-refractivity contribution in [1.29, 1.82) is 0 Å². The lowest BCUT2D eigenvalue weighted by Crippen LogP contribution is -2.28. The second-order valence-corrected chi connectivity index (χ2v) is 21.1. The molecular formula is C62H40NOPS. The summed E-state index contributed by atoms with van der Waals surface area (Å²) in [4.78, 5) is 5.63. The molecular weight excluding hydrogens is 838 g/mol. The predicted octanol–water partition coefficient (Wildman–Crippen LogP) is 15.1. The molecule has 0 N–H and O–H groups in total. The van der Waals surface area contributed by atoms with Crippen LogP contribution < -0.4 is 15.9 Å². The maximum Gasteiger partial charge on any atom is 0.171 e. The van der Waals surface area contributed by atoms with Crippen LogP contribution in [0.15, 0.2) is 243 Å². The Hall–Kier alpha value is -7.68. The Morgan fingerprint density at radius 3 is 1.61 bits per heavy atom. The van der Waals surface area contributed by atoms with Crippen LogP contribution in [-0.4, -0.2) is 4.98 Å². The van der Waals surface area contributed by atoms with Crippen molar-refractivity contribution in [2.75, 3.05) is 0 Å². The first-order valence-electron chi connectivity index (χ1n) is 22.5. The van der Waals surface area contributed by atoms with Crippen molar-refractivity contribution in [1.82, 2.24) is 4.98 Å². The van der Waals surface area contributed by atoms with Crippen LogP contribution in [0.1, 0.15) is 22.3 Å². The van der Waals surface area contributed by atoms with Gasteiger partial charge >= 0.3 is 0 Å². The van der Waals surface area contributed by atoms with Crippen molar-refractivity contribution in [3.05, 3.63) is 265 Å². The first kappa shape index (κ1) is 38.8. The fourth-order valence-electron chi connectivity index (χ4n) is 10.9. The SMILES string of the molecule is O=P(c1ccccc1)(c1ccccc1)c1ccc(-c2cc3c(-c4ccc5c(c4)C(c4ccccc4)(c4ccccc4)c4ccccc4-5)nc4ccccc4c3c3c2sc2ccccc23)cc1. The number of hydrogen-bond donors (Lipinski definition) is 0. The third-order valence-electron chi connectivity index (χ3n) is 13.8. The van der Waals surface area contributed by atoms with E-state index in [0.717, 1.165) is 54.6 Å². The highest BCUT2D eigenvalue weighted by atomic mass is 32.1. The van der Waals surface area contributed by atoms with Crippen molar-refractivity contribution in [3.8, 4) is 33.5 Å². The molecule has 0 aliphatic heterocycles. The average molecular weight is 878 g/mol. The van der Waals surface area contributed by atoms with E-state index in [1.54, 1.807) is 0 Å². The minimum Gasteiger partial charge on any atom is -0.309 e. The van der Waals surface area contributed by atoms with Crippen molar-refractivity contribution in [2.24, 2.45) is 0 Å². The van der Waals surface area contributed by atoms with E-state index in [2.05, 4.69) is 182 Å². The number of fused-ring (bicyclic) bond motifs is 10. The Morgan fingerprint density at radius 1 is 0.394 bits per heavy atom. The van der Waals surface area contributed by atoms with E-state index in [9.17, 15) is 0 Å². The summed E-state index contributed by atoms with van der Waals surface area (Å²) < 4.78 is 17.9. The molecule has 0 saturated heterocycles. The fourth-order valence-corrected chi connectivity index (χ4v) is 14.8. The maximum atomic E-state index is 15.5. The molecule has 0 saturated carbocycles. The molecule has 1 aliphatic carbocycles. The minimum atomic E-state index is -3.17. The van der Waals surface area contributed by atoms with Gasteiger partial charge in [-0.25, -0.2) is 4.98 Å². The summed E-state index contributed by atoms with van der Waals surface area (Å²) in [5.74, 6) is 0. The van der Waals surface area contributed by atoms with Gasteiger partial charge in [0.25, 0.3) is 0 Å². The topological polar surface area (TPSA) is 30.0 Å². The van der Waals surface area contributed by atoms with E-state index in [1.807, 2.05) is 72.0 Å². The van der Waals surface area contributed by atoms with E-state index in [4.69, 9.17) is 4.98 Å². The fraction of sp³-hybridized carbons (Fsp3) is 0.0161. The molecule has 2 nitrogen and oxygen atoms in total. The molecule has 13 rings (SSSR count). The second-order valence-electron chi connectivity index (χ2n) is 17.2. The summed E-state index contributed by atoms with van der Waals surface area (Å²) in [6.07, 6.45) is 0. The van der Waals surface area contributed by atoms with E-state index in [1.165, 1.54) is 58.9 Å². The monoisotopic (exact) mass is 877 g/mol. The van der Waals surface area contributed by atoms with Crippen LogP contribution in [0.3, 0.4) is 0 Å². The maximum absolute atomic E-state index is 15.5. The highest BCUT2D eigenvalue weighted by molar-refractivity contribution is 7.85. The van der Waals surface area contributed by atoms with Crippen molar-refractivity contribution in [3.63, 3.8) is 0 Å². The number of pyridine rings is 1. The number of hydrogen-bond acceptors (Lipinski definition) is 3. The summed E-state index contributed by atoms with van der Waals surface area (Å²) in [6.45, 7) is 0. The summed E-state index contributed by atoms with van der Waals surface area (Å²) in [5, 5.41) is 8.38. The second kappa shape index (κ2) is 15.2. The molecule has 0 unspecified atom stereocenters. The van der Waals surface area contributed by atoms with Crippen LogP contribution >= 0.6 is 18.5 Å². The number of thiophene rings is 1. The zero-order valence-corrected chi connectivity index (χ0v) is 37.5. The number of benzene rings is 10. The highest BCUT2D eigenvalue weighted by Gasteiger charge is 2.46. The van der Waals surface area contributed by atoms with Gasteiger partial charge in [0.1, 0.15) is 0 Å². The number of rotatable bonds is 7. The summed E-state index contributed by atoms with van der Waals surface area (Å²) in [7, 11) is -3.17. The number of aromatic nitrogens is 1. The molecule has 66 heavy (non-hydrogen) atoms. The van der Waals surface area contributed by atoms with E-state index >= 15 is 4.57 Å². The van der Waals surface area contributed by atoms with Gasteiger partial charge in [-0.3, -0.25) is 0 Å². The highest BCUT2D eigenvalue weighted by Crippen LogP contribution is 2.57. The van der Waals surface area contributed by atoms with Crippen LogP contribution in [0, 0.1) is 0 Å². The number of para-hydroxylation sites is 1. The van der Waals surface area contributed by atoms with Crippen LogP contribution in [-0.2, 0) is 9.98 Å². The summed E-state index contributed by atoms with van der Waals surface area (Å²) in [6, 6.07) is 86.1. The van der Waals surface area contributed by atoms with Gasteiger partial charge in [0.15, 0.2) is 7.14 Å². The average Bonchev–Trinajstić information content (AvgIpc) is 3.93. The van der Waals surface area contributed by atoms with Gasteiger partial charge in [-0.15, -0.1) is 11.3 Å². The molecule has 0 atom stereocenters. The lowest BCUT2D eigenvalue weighted by Gasteiger charge is -2.34. The smallest absolute Gasteiger partial charge is 0.171 e. The molecule has 2 heterocycles. The molecule has 0 spiro atoms.